The molecule has 4 nitrogen and oxygen atoms in total. The average Bonchev–Trinajstić information content (AvgIpc) is 2.30. The summed E-state index contributed by atoms with van der Waals surface area (Å²) >= 11 is 0. The first-order valence-corrected chi connectivity index (χ1v) is 4.61. The molecule has 0 saturated heterocycles. The van der Waals surface area contributed by atoms with Gasteiger partial charge in [0.25, 0.3) is 0 Å². The number of benzene rings is 1. The molecule has 1 aromatic carbocycles. The lowest BCUT2D eigenvalue weighted by molar-refractivity contribution is 0.410. The number of ether oxygens (including phenoxy) is 1. The van der Waals surface area contributed by atoms with E-state index in [0.717, 1.165) is 0 Å². The van der Waals surface area contributed by atoms with Gasteiger partial charge >= 0.3 is 0 Å². The van der Waals surface area contributed by atoms with Crippen LogP contribution in [0.15, 0.2) is 23.3 Å². The molecule has 5 heteroatoms. The van der Waals surface area contributed by atoms with Crippen LogP contribution in [0.5, 0.6) is 5.75 Å². The minimum atomic E-state index is -0.364. The van der Waals surface area contributed by atoms with Crippen LogP contribution in [-0.4, -0.2) is 13.7 Å². The zero-order valence-electron chi connectivity index (χ0n) is 8.77. The minimum absolute atomic E-state index is 0.326. The highest BCUT2D eigenvalue weighted by atomic mass is 19.1. The maximum absolute atomic E-state index is 12.8. The van der Waals surface area contributed by atoms with Gasteiger partial charge in [0.2, 0.25) is 0 Å². The highest BCUT2D eigenvalue weighted by molar-refractivity contribution is 5.46. The van der Waals surface area contributed by atoms with Gasteiger partial charge in [0.05, 0.1) is 12.7 Å². The topological polar surface area (TPSA) is 58.0 Å². The van der Waals surface area contributed by atoms with Crippen LogP contribution in [0.4, 0.5) is 4.39 Å². The second-order valence-corrected chi connectivity index (χ2v) is 2.85. The van der Waals surface area contributed by atoms with E-state index in [1.54, 1.807) is 6.07 Å². The minimum Gasteiger partial charge on any atom is -0.495 e. The predicted octanol–water partition coefficient (Wildman–Crippen LogP) is 2.89. The summed E-state index contributed by atoms with van der Waals surface area (Å²) in [5.74, 6) is 5.67. The summed E-state index contributed by atoms with van der Waals surface area (Å²) < 4.78 is 17.8. The van der Waals surface area contributed by atoms with Crippen LogP contribution in [0.2, 0.25) is 0 Å². The third kappa shape index (κ3) is 3.52. The molecule has 0 atom stereocenters. The van der Waals surface area contributed by atoms with Crippen LogP contribution < -0.4 is 4.74 Å². The maximum atomic E-state index is 12.8. The molecular formula is C11H10FN3O. The quantitative estimate of drug-likeness (QED) is 0.253. The van der Waals surface area contributed by atoms with E-state index in [-0.39, 0.29) is 5.82 Å². The van der Waals surface area contributed by atoms with Crippen LogP contribution in [0.25, 0.3) is 10.4 Å². The summed E-state index contributed by atoms with van der Waals surface area (Å²) in [6.45, 7) is 0.326. The van der Waals surface area contributed by atoms with Crippen molar-refractivity contribution < 1.29 is 9.13 Å². The maximum Gasteiger partial charge on any atom is 0.137 e. The summed E-state index contributed by atoms with van der Waals surface area (Å²) in [5.41, 5.74) is 8.66. The molecular weight excluding hydrogens is 209 g/mol. The van der Waals surface area contributed by atoms with Crippen LogP contribution in [-0.2, 0) is 0 Å². The Bertz CT molecular complexity index is 470. The van der Waals surface area contributed by atoms with E-state index in [2.05, 4.69) is 21.9 Å². The lowest BCUT2D eigenvalue weighted by atomic mass is 10.2. The molecule has 0 bridgehead atoms. The van der Waals surface area contributed by atoms with Gasteiger partial charge in [0.1, 0.15) is 11.6 Å². The van der Waals surface area contributed by atoms with E-state index in [1.807, 2.05) is 0 Å². The largest absolute Gasteiger partial charge is 0.495 e. The normalized spacial score (nSPS) is 8.62. The van der Waals surface area contributed by atoms with Gasteiger partial charge in [-0.05, 0) is 17.7 Å². The molecule has 0 unspecified atom stereocenters. The van der Waals surface area contributed by atoms with Crippen LogP contribution in [0, 0.1) is 17.7 Å². The van der Waals surface area contributed by atoms with Crippen LogP contribution in [0.1, 0.15) is 12.0 Å². The molecule has 0 aliphatic carbocycles. The predicted molar refractivity (Wildman–Crippen MR) is 58.5 cm³/mol. The van der Waals surface area contributed by atoms with Crippen molar-refractivity contribution in [3.63, 3.8) is 0 Å². The van der Waals surface area contributed by atoms with Gasteiger partial charge in [-0.1, -0.05) is 17.0 Å². The molecule has 1 rings (SSSR count). The fraction of sp³-hybridized carbons (Fsp3) is 0.273. The first kappa shape index (κ1) is 11.9. The molecule has 1 aromatic rings. The molecule has 0 aliphatic rings. The van der Waals surface area contributed by atoms with Gasteiger partial charge in [-0.3, -0.25) is 0 Å². The molecule has 0 heterocycles. The van der Waals surface area contributed by atoms with Crippen molar-refractivity contribution in [1.29, 1.82) is 0 Å². The van der Waals surface area contributed by atoms with Crippen molar-refractivity contribution in [2.24, 2.45) is 5.11 Å². The Balaban J connectivity index is 2.75. The standard InChI is InChI=1S/C11H10FN3O/c1-16-11-8-10(12)6-5-9(11)4-2-3-7-14-15-13/h5-6,8H,3,7H2,1H3. The molecule has 0 N–H and O–H groups in total. The fourth-order valence-electron chi connectivity index (χ4n) is 1.08. The van der Waals surface area contributed by atoms with Crippen molar-refractivity contribution in [2.75, 3.05) is 13.7 Å². The Labute approximate surface area is 92.7 Å². The lowest BCUT2D eigenvalue weighted by Crippen LogP contribution is -1.89. The van der Waals surface area contributed by atoms with E-state index < -0.39 is 0 Å². The second kappa shape index (κ2) is 6.33. The summed E-state index contributed by atoms with van der Waals surface area (Å²) in [4.78, 5) is 2.61. The third-order valence-electron chi connectivity index (χ3n) is 1.79. The lowest BCUT2D eigenvalue weighted by Gasteiger charge is -2.01. The van der Waals surface area contributed by atoms with E-state index in [1.165, 1.54) is 19.2 Å². The first-order valence-electron chi connectivity index (χ1n) is 4.61. The zero-order chi connectivity index (χ0) is 11.8. The summed E-state index contributed by atoms with van der Waals surface area (Å²) in [6.07, 6.45) is 0.463. The number of hydrogen-bond donors (Lipinski definition) is 0. The smallest absolute Gasteiger partial charge is 0.137 e. The fourth-order valence-corrected chi connectivity index (χ4v) is 1.08. The van der Waals surface area contributed by atoms with Gasteiger partial charge in [0.15, 0.2) is 0 Å². The Kier molecular flexibility index (Phi) is 4.71. The van der Waals surface area contributed by atoms with Crippen molar-refractivity contribution >= 4 is 0 Å². The molecule has 0 amide bonds. The number of halogens is 1. The summed E-state index contributed by atoms with van der Waals surface area (Å²) in [5, 5.41) is 3.35. The Morgan fingerprint density at radius 1 is 1.56 bits per heavy atom. The molecule has 82 valence electrons. The summed E-state index contributed by atoms with van der Waals surface area (Å²) in [7, 11) is 1.46. The molecule has 0 spiro atoms. The van der Waals surface area contributed by atoms with Gasteiger partial charge in [0, 0.05) is 23.9 Å². The highest BCUT2D eigenvalue weighted by Crippen LogP contribution is 2.18. The van der Waals surface area contributed by atoms with E-state index in [9.17, 15) is 4.39 Å². The Morgan fingerprint density at radius 3 is 3.06 bits per heavy atom. The third-order valence-corrected chi connectivity index (χ3v) is 1.79. The van der Waals surface area contributed by atoms with Crippen molar-refractivity contribution in [1.82, 2.24) is 0 Å². The molecule has 16 heavy (non-hydrogen) atoms. The molecule has 0 saturated carbocycles. The van der Waals surface area contributed by atoms with Gasteiger partial charge in [-0.25, -0.2) is 4.39 Å². The number of methoxy groups -OCH3 is 1. The first-order chi connectivity index (χ1) is 7.77. The van der Waals surface area contributed by atoms with Crippen LogP contribution in [0.3, 0.4) is 0 Å². The highest BCUT2D eigenvalue weighted by Gasteiger charge is 2.00. The number of rotatable bonds is 3. The van der Waals surface area contributed by atoms with Crippen LogP contribution >= 0.6 is 0 Å². The Hall–Kier alpha value is -2.18. The number of azide groups is 1. The van der Waals surface area contributed by atoms with Crippen molar-refractivity contribution in [3.8, 4) is 17.6 Å². The zero-order valence-corrected chi connectivity index (χ0v) is 8.77. The summed E-state index contributed by atoms with van der Waals surface area (Å²) in [6, 6.07) is 4.14. The van der Waals surface area contributed by atoms with E-state index in [4.69, 9.17) is 10.3 Å². The molecule has 0 radical (unpaired) electrons. The molecule has 0 aliphatic heterocycles. The van der Waals surface area contributed by atoms with Crippen molar-refractivity contribution in [3.05, 3.63) is 40.0 Å². The SMILES string of the molecule is COc1cc(F)ccc1C#CCCN=[N+]=[N-]. The Morgan fingerprint density at radius 2 is 2.38 bits per heavy atom. The average molecular weight is 219 g/mol. The van der Waals surface area contributed by atoms with E-state index in [0.29, 0.717) is 24.3 Å². The second-order valence-electron chi connectivity index (χ2n) is 2.85. The van der Waals surface area contributed by atoms with Crippen molar-refractivity contribution in [2.45, 2.75) is 6.42 Å². The molecule has 0 aromatic heterocycles. The molecule has 0 fully saturated rings. The van der Waals surface area contributed by atoms with Gasteiger partial charge in [-0.15, -0.1) is 0 Å². The monoisotopic (exact) mass is 219 g/mol. The number of nitrogens with zero attached hydrogens (tertiary/aromatic N) is 3. The van der Waals surface area contributed by atoms with Gasteiger partial charge < -0.3 is 4.74 Å². The number of hydrogen-bond acceptors (Lipinski definition) is 2. The van der Waals surface area contributed by atoms with E-state index >= 15 is 0 Å². The van der Waals surface area contributed by atoms with Gasteiger partial charge in [-0.2, -0.15) is 0 Å².